The number of aliphatic hydroxyl groups is 1. The fourth-order valence-corrected chi connectivity index (χ4v) is 1.19. The fraction of sp³-hybridized carbons (Fsp3) is 0.667. The van der Waals surface area contributed by atoms with Gasteiger partial charge in [-0.3, -0.25) is 0 Å². The van der Waals surface area contributed by atoms with Gasteiger partial charge in [0.25, 0.3) is 5.22 Å². The van der Waals surface area contributed by atoms with E-state index in [9.17, 15) is 0 Å². The molecule has 11 heavy (non-hydrogen) atoms. The third-order valence-corrected chi connectivity index (χ3v) is 2.02. The first-order chi connectivity index (χ1) is 5.18. The number of rotatable bonds is 3. The summed E-state index contributed by atoms with van der Waals surface area (Å²) < 4.78 is 5.06. The summed E-state index contributed by atoms with van der Waals surface area (Å²) in [6, 6.07) is 0. The van der Waals surface area contributed by atoms with Gasteiger partial charge >= 0.3 is 0 Å². The van der Waals surface area contributed by atoms with E-state index in [0.29, 0.717) is 16.9 Å². The van der Waals surface area contributed by atoms with Crippen LogP contribution in [0.1, 0.15) is 12.8 Å². The standard InChI is InChI=1S/C6H10N2O2S/c1-4(9)3-11-6-8-7-5(2)10-6/h4,9H,3H2,1-2H3. The topological polar surface area (TPSA) is 59.2 Å². The van der Waals surface area contributed by atoms with Gasteiger partial charge in [0.1, 0.15) is 0 Å². The molecule has 0 aliphatic heterocycles. The van der Waals surface area contributed by atoms with Gasteiger partial charge in [0.05, 0.1) is 6.10 Å². The first kappa shape index (κ1) is 8.55. The molecule has 0 aromatic carbocycles. The average molecular weight is 174 g/mol. The van der Waals surface area contributed by atoms with E-state index in [1.54, 1.807) is 13.8 Å². The average Bonchev–Trinajstić information content (AvgIpc) is 2.31. The lowest BCUT2D eigenvalue weighted by atomic mass is 10.5. The zero-order chi connectivity index (χ0) is 8.27. The van der Waals surface area contributed by atoms with Crippen molar-refractivity contribution >= 4 is 11.8 Å². The number of hydrogen-bond acceptors (Lipinski definition) is 5. The summed E-state index contributed by atoms with van der Waals surface area (Å²) in [5, 5.41) is 16.8. The molecule has 4 nitrogen and oxygen atoms in total. The van der Waals surface area contributed by atoms with E-state index in [1.807, 2.05) is 0 Å². The van der Waals surface area contributed by atoms with Crippen molar-refractivity contribution in [2.45, 2.75) is 25.2 Å². The van der Waals surface area contributed by atoms with Gasteiger partial charge in [-0.25, -0.2) is 0 Å². The number of aromatic nitrogens is 2. The van der Waals surface area contributed by atoms with Gasteiger partial charge < -0.3 is 9.52 Å². The van der Waals surface area contributed by atoms with Crippen LogP contribution in [0.3, 0.4) is 0 Å². The lowest BCUT2D eigenvalue weighted by Crippen LogP contribution is -2.02. The molecule has 5 heteroatoms. The van der Waals surface area contributed by atoms with Gasteiger partial charge in [0.15, 0.2) is 0 Å². The Hall–Kier alpha value is -0.550. The summed E-state index contributed by atoms with van der Waals surface area (Å²) in [5.41, 5.74) is 0. The molecule has 1 aromatic rings. The largest absolute Gasteiger partial charge is 0.416 e. The minimum atomic E-state index is -0.341. The molecule has 0 radical (unpaired) electrons. The molecular weight excluding hydrogens is 164 g/mol. The molecular formula is C6H10N2O2S. The predicted molar refractivity (Wildman–Crippen MR) is 41.4 cm³/mol. The number of nitrogens with zero attached hydrogens (tertiary/aromatic N) is 2. The van der Waals surface area contributed by atoms with E-state index in [2.05, 4.69) is 10.2 Å². The number of aliphatic hydroxyl groups excluding tert-OH is 1. The van der Waals surface area contributed by atoms with Gasteiger partial charge in [0.2, 0.25) is 5.89 Å². The first-order valence-corrected chi connectivity index (χ1v) is 4.28. The second-order valence-corrected chi connectivity index (χ2v) is 3.22. The zero-order valence-electron chi connectivity index (χ0n) is 6.44. The lowest BCUT2D eigenvalue weighted by molar-refractivity contribution is 0.220. The number of aryl methyl sites for hydroxylation is 1. The molecule has 1 atom stereocenters. The Balaban J connectivity index is 2.39. The molecule has 1 rings (SSSR count). The molecule has 0 saturated heterocycles. The van der Waals surface area contributed by atoms with Crippen molar-refractivity contribution in [1.82, 2.24) is 10.2 Å². The Labute approximate surface area is 69.0 Å². The molecule has 0 spiro atoms. The van der Waals surface area contributed by atoms with Crippen molar-refractivity contribution < 1.29 is 9.52 Å². The van der Waals surface area contributed by atoms with Crippen LogP contribution in [0.4, 0.5) is 0 Å². The van der Waals surface area contributed by atoms with Gasteiger partial charge in [-0.1, -0.05) is 11.8 Å². The molecule has 62 valence electrons. The van der Waals surface area contributed by atoms with Crippen molar-refractivity contribution in [1.29, 1.82) is 0 Å². The smallest absolute Gasteiger partial charge is 0.276 e. The highest BCUT2D eigenvalue weighted by Crippen LogP contribution is 2.15. The highest BCUT2D eigenvalue weighted by molar-refractivity contribution is 7.99. The van der Waals surface area contributed by atoms with Crippen LogP contribution < -0.4 is 0 Å². The Morgan fingerprint density at radius 2 is 2.36 bits per heavy atom. The van der Waals surface area contributed by atoms with Gasteiger partial charge in [-0.05, 0) is 6.92 Å². The first-order valence-electron chi connectivity index (χ1n) is 3.29. The van der Waals surface area contributed by atoms with Crippen LogP contribution in [-0.4, -0.2) is 27.2 Å². The van der Waals surface area contributed by atoms with Crippen LogP contribution in [0.2, 0.25) is 0 Å². The maximum Gasteiger partial charge on any atom is 0.276 e. The van der Waals surface area contributed by atoms with E-state index >= 15 is 0 Å². The van der Waals surface area contributed by atoms with Crippen LogP contribution in [-0.2, 0) is 0 Å². The van der Waals surface area contributed by atoms with E-state index in [1.165, 1.54) is 11.8 Å². The molecule has 1 N–H and O–H groups in total. The zero-order valence-corrected chi connectivity index (χ0v) is 7.26. The highest BCUT2D eigenvalue weighted by Gasteiger charge is 2.04. The van der Waals surface area contributed by atoms with Crippen LogP contribution in [0.15, 0.2) is 9.64 Å². The molecule has 0 aliphatic carbocycles. The van der Waals surface area contributed by atoms with Crippen molar-refractivity contribution in [2.75, 3.05) is 5.75 Å². The van der Waals surface area contributed by atoms with E-state index in [4.69, 9.17) is 9.52 Å². The summed E-state index contributed by atoms with van der Waals surface area (Å²) in [4.78, 5) is 0. The maximum atomic E-state index is 8.91. The van der Waals surface area contributed by atoms with Crippen LogP contribution in [0.5, 0.6) is 0 Å². The minimum absolute atomic E-state index is 0.341. The Morgan fingerprint density at radius 1 is 1.64 bits per heavy atom. The lowest BCUT2D eigenvalue weighted by Gasteiger charge is -1.97. The SMILES string of the molecule is Cc1nnc(SCC(C)O)o1. The fourth-order valence-electron chi connectivity index (χ4n) is 0.529. The Bertz CT molecular complexity index is 224. The number of thioether (sulfide) groups is 1. The second-order valence-electron chi connectivity index (χ2n) is 2.25. The van der Waals surface area contributed by atoms with Crippen molar-refractivity contribution in [3.63, 3.8) is 0 Å². The molecule has 0 aliphatic rings. The van der Waals surface area contributed by atoms with Gasteiger partial charge in [-0.15, -0.1) is 10.2 Å². The molecule has 1 unspecified atom stereocenters. The third-order valence-electron chi connectivity index (χ3n) is 0.956. The number of hydrogen-bond donors (Lipinski definition) is 1. The monoisotopic (exact) mass is 174 g/mol. The Morgan fingerprint density at radius 3 is 2.82 bits per heavy atom. The van der Waals surface area contributed by atoms with Gasteiger partial charge in [0, 0.05) is 12.7 Å². The maximum absolute atomic E-state index is 8.91. The van der Waals surface area contributed by atoms with Crippen molar-refractivity contribution in [2.24, 2.45) is 0 Å². The summed E-state index contributed by atoms with van der Waals surface area (Å²) in [6.45, 7) is 3.45. The van der Waals surface area contributed by atoms with Crippen LogP contribution in [0.25, 0.3) is 0 Å². The van der Waals surface area contributed by atoms with E-state index in [0.717, 1.165) is 0 Å². The molecule has 0 saturated carbocycles. The normalized spacial score (nSPS) is 13.4. The molecule has 1 aromatic heterocycles. The van der Waals surface area contributed by atoms with Crippen molar-refractivity contribution in [3.05, 3.63) is 5.89 Å². The van der Waals surface area contributed by atoms with Gasteiger partial charge in [-0.2, -0.15) is 0 Å². The minimum Gasteiger partial charge on any atom is -0.416 e. The molecule has 0 bridgehead atoms. The van der Waals surface area contributed by atoms with Crippen LogP contribution >= 0.6 is 11.8 Å². The highest BCUT2D eigenvalue weighted by atomic mass is 32.2. The molecule has 1 heterocycles. The summed E-state index contributed by atoms with van der Waals surface area (Å²) in [7, 11) is 0. The second kappa shape index (κ2) is 3.73. The molecule has 0 amide bonds. The summed E-state index contributed by atoms with van der Waals surface area (Å²) in [6.07, 6.45) is -0.341. The van der Waals surface area contributed by atoms with E-state index in [-0.39, 0.29) is 6.10 Å². The van der Waals surface area contributed by atoms with Crippen molar-refractivity contribution in [3.8, 4) is 0 Å². The summed E-state index contributed by atoms with van der Waals surface area (Å²) >= 11 is 1.36. The summed E-state index contributed by atoms with van der Waals surface area (Å²) in [5.74, 6) is 1.14. The predicted octanol–water partition coefficient (Wildman–Crippen LogP) is 0.851. The Kier molecular flexibility index (Phi) is 2.90. The quantitative estimate of drug-likeness (QED) is 0.688. The van der Waals surface area contributed by atoms with E-state index < -0.39 is 0 Å². The van der Waals surface area contributed by atoms with Crippen LogP contribution in [0, 0.1) is 6.92 Å². The molecule has 0 fully saturated rings. The third kappa shape index (κ3) is 2.90.